The summed E-state index contributed by atoms with van der Waals surface area (Å²) in [5.41, 5.74) is 5.23. The maximum Gasteiger partial charge on any atom is 0.143 e. The molecule has 0 unspecified atom stereocenters. The van der Waals surface area contributed by atoms with E-state index >= 15 is 0 Å². The Bertz CT molecular complexity index is 1670. The van der Waals surface area contributed by atoms with Crippen molar-refractivity contribution in [1.29, 1.82) is 0 Å². The molecule has 1 N–H and O–H groups in total. The first-order chi connectivity index (χ1) is 20.7. The Hall–Kier alpha value is -4.91. The van der Waals surface area contributed by atoms with Gasteiger partial charge in [0.25, 0.3) is 0 Å². The van der Waals surface area contributed by atoms with Crippen molar-refractivity contribution in [1.82, 2.24) is 10.3 Å². The summed E-state index contributed by atoms with van der Waals surface area (Å²) in [4.78, 5) is 8.66. The molecule has 0 aliphatic carbocycles. The largest absolute Gasteiger partial charge is 0.457 e. The van der Waals surface area contributed by atoms with Gasteiger partial charge in [0.1, 0.15) is 33.0 Å². The van der Waals surface area contributed by atoms with E-state index in [1.807, 2.05) is 78.9 Å². The minimum atomic E-state index is -0.254. The average molecular weight is 572 g/mol. The van der Waals surface area contributed by atoms with Gasteiger partial charge in [0.2, 0.25) is 0 Å². The predicted octanol–water partition coefficient (Wildman–Crippen LogP) is 9.72. The summed E-state index contributed by atoms with van der Waals surface area (Å²) in [6, 6.07) is 44.6. The van der Waals surface area contributed by atoms with Crippen LogP contribution in [0.3, 0.4) is 0 Å². The van der Waals surface area contributed by atoms with E-state index in [9.17, 15) is 4.39 Å². The van der Waals surface area contributed by atoms with Crippen LogP contribution in [0.2, 0.25) is 0 Å². The molecule has 0 spiro atoms. The van der Waals surface area contributed by atoms with Crippen LogP contribution in [-0.2, 0) is 13.1 Å². The van der Waals surface area contributed by atoms with Crippen molar-refractivity contribution in [2.75, 3.05) is 0 Å². The number of benzene rings is 5. The van der Waals surface area contributed by atoms with Gasteiger partial charge in [0, 0.05) is 24.2 Å². The first-order valence-corrected chi connectivity index (χ1v) is 14.3. The van der Waals surface area contributed by atoms with Gasteiger partial charge in [-0.15, -0.1) is 0 Å². The fraction of sp³-hybridized carbons (Fsp3) is 0.0556. The Balaban J connectivity index is 0.000000169. The summed E-state index contributed by atoms with van der Waals surface area (Å²) in [5, 5.41) is 5.03. The summed E-state index contributed by atoms with van der Waals surface area (Å²) >= 11 is 1.45. The predicted molar refractivity (Wildman–Crippen MR) is 172 cm³/mol. The Labute approximate surface area is 249 Å². The van der Waals surface area contributed by atoms with E-state index in [2.05, 4.69) is 58.4 Å². The number of para-hydroxylation sites is 1. The number of halogens is 1. The lowest BCUT2D eigenvalue weighted by molar-refractivity contribution is 0.482. The first kappa shape index (κ1) is 28.6. The van der Waals surface area contributed by atoms with Crippen LogP contribution in [0.1, 0.15) is 11.1 Å². The van der Waals surface area contributed by atoms with Crippen LogP contribution in [-0.4, -0.2) is 11.7 Å². The van der Waals surface area contributed by atoms with Crippen LogP contribution in [0.5, 0.6) is 11.5 Å². The zero-order valence-corrected chi connectivity index (χ0v) is 23.8. The van der Waals surface area contributed by atoms with E-state index in [-0.39, 0.29) is 5.82 Å². The van der Waals surface area contributed by atoms with E-state index in [0.717, 1.165) is 51.4 Å². The van der Waals surface area contributed by atoms with Crippen molar-refractivity contribution in [3.63, 3.8) is 0 Å². The van der Waals surface area contributed by atoms with Gasteiger partial charge in [-0.1, -0.05) is 102 Å². The first-order valence-electron chi connectivity index (χ1n) is 13.5. The van der Waals surface area contributed by atoms with Crippen molar-refractivity contribution in [3.8, 4) is 33.3 Å². The fourth-order valence-electron chi connectivity index (χ4n) is 4.17. The Morgan fingerprint density at radius 1 is 0.643 bits per heavy atom. The van der Waals surface area contributed by atoms with Gasteiger partial charge in [-0.25, -0.2) is 9.37 Å². The number of nitrogens with zero attached hydrogens (tertiary/aromatic N) is 2. The summed E-state index contributed by atoms with van der Waals surface area (Å²) in [6.07, 6.45) is 0. The molecule has 0 amide bonds. The molecule has 1 aromatic heterocycles. The third-order valence-electron chi connectivity index (χ3n) is 6.29. The number of aromatic nitrogens is 1. The molecule has 6 aromatic rings. The highest BCUT2D eigenvalue weighted by Crippen LogP contribution is 2.39. The highest BCUT2D eigenvalue weighted by Gasteiger charge is 2.13. The number of rotatable bonds is 9. The van der Waals surface area contributed by atoms with Gasteiger partial charge in [0.05, 0.1) is 0 Å². The molecular weight excluding hydrogens is 541 g/mol. The van der Waals surface area contributed by atoms with Crippen LogP contribution < -0.4 is 10.1 Å². The van der Waals surface area contributed by atoms with Crippen LogP contribution >= 0.6 is 11.3 Å². The number of aliphatic imine (C=N–C) groups is 1. The molecule has 4 nitrogen and oxygen atoms in total. The number of hydrogen-bond donors (Lipinski definition) is 1. The molecule has 42 heavy (non-hydrogen) atoms. The molecule has 0 aliphatic rings. The molecule has 0 radical (unpaired) electrons. The van der Waals surface area contributed by atoms with Crippen LogP contribution in [0, 0.1) is 5.82 Å². The van der Waals surface area contributed by atoms with E-state index in [1.165, 1.54) is 34.6 Å². The SMILES string of the molecule is C=Nc1sc(-c2ccc(F)cc2)nc1-c1ccccc1.c1ccc(CNCc2ccc(Oc3ccccc3)cc2)cc1. The molecule has 6 rings (SSSR count). The molecule has 0 atom stereocenters. The van der Waals surface area contributed by atoms with Crippen LogP contribution in [0.4, 0.5) is 9.39 Å². The smallest absolute Gasteiger partial charge is 0.143 e. The second kappa shape index (κ2) is 14.6. The lowest BCUT2D eigenvalue weighted by Gasteiger charge is -2.08. The molecule has 1 heterocycles. The number of nitrogens with one attached hydrogen (secondary N) is 1. The third kappa shape index (κ3) is 8.07. The Kier molecular flexibility index (Phi) is 9.98. The molecular formula is C36H30FN3OS. The molecule has 0 saturated heterocycles. The maximum atomic E-state index is 13.0. The highest BCUT2D eigenvalue weighted by molar-refractivity contribution is 7.19. The normalized spacial score (nSPS) is 10.4. The summed E-state index contributed by atoms with van der Waals surface area (Å²) in [6.45, 7) is 5.32. The van der Waals surface area contributed by atoms with Gasteiger partial charge in [-0.3, -0.25) is 4.99 Å². The molecule has 0 fully saturated rings. The molecule has 0 aliphatic heterocycles. The third-order valence-corrected chi connectivity index (χ3v) is 7.33. The number of ether oxygens (including phenoxy) is 1. The van der Waals surface area contributed by atoms with Crippen molar-refractivity contribution < 1.29 is 9.13 Å². The van der Waals surface area contributed by atoms with Crippen molar-refractivity contribution >= 4 is 23.1 Å². The van der Waals surface area contributed by atoms with Gasteiger partial charge < -0.3 is 10.1 Å². The van der Waals surface area contributed by atoms with E-state index in [0.29, 0.717) is 0 Å². The van der Waals surface area contributed by atoms with Crippen molar-refractivity contribution in [3.05, 3.63) is 156 Å². The monoisotopic (exact) mass is 571 g/mol. The molecule has 6 heteroatoms. The average Bonchev–Trinajstić information content (AvgIpc) is 3.49. The molecule has 0 saturated carbocycles. The zero-order chi connectivity index (χ0) is 29.0. The molecule has 5 aromatic carbocycles. The van der Waals surface area contributed by atoms with Gasteiger partial charge in [-0.05, 0) is 66.4 Å². The number of hydrogen-bond acceptors (Lipinski definition) is 5. The quantitative estimate of drug-likeness (QED) is 0.176. The van der Waals surface area contributed by atoms with E-state index in [4.69, 9.17) is 4.74 Å². The highest BCUT2D eigenvalue weighted by atomic mass is 32.1. The van der Waals surface area contributed by atoms with Crippen LogP contribution in [0.25, 0.3) is 21.8 Å². The summed E-state index contributed by atoms with van der Waals surface area (Å²) < 4.78 is 18.8. The Morgan fingerprint density at radius 3 is 1.81 bits per heavy atom. The van der Waals surface area contributed by atoms with E-state index in [1.54, 1.807) is 12.1 Å². The standard InChI is InChI=1S/C20H19NO.C16H11FN2S/c1-3-7-17(8-4-1)15-21-16-18-11-13-20(14-12-18)22-19-9-5-2-6-10-19;1-18-16-14(11-5-3-2-4-6-11)19-15(20-16)12-7-9-13(17)10-8-12/h1-14,21H,15-16H2;2-10H,1H2. The zero-order valence-electron chi connectivity index (χ0n) is 23.0. The fourth-order valence-corrected chi connectivity index (χ4v) is 5.06. The summed E-state index contributed by atoms with van der Waals surface area (Å²) in [7, 11) is 0. The lowest BCUT2D eigenvalue weighted by Crippen LogP contribution is -2.12. The molecule has 208 valence electrons. The lowest BCUT2D eigenvalue weighted by atomic mass is 10.1. The van der Waals surface area contributed by atoms with Gasteiger partial charge in [0.15, 0.2) is 0 Å². The minimum absolute atomic E-state index is 0.254. The van der Waals surface area contributed by atoms with Crippen molar-refractivity contribution in [2.24, 2.45) is 4.99 Å². The maximum absolute atomic E-state index is 13.0. The van der Waals surface area contributed by atoms with E-state index < -0.39 is 0 Å². The minimum Gasteiger partial charge on any atom is -0.457 e. The van der Waals surface area contributed by atoms with Gasteiger partial charge in [-0.2, -0.15) is 0 Å². The summed E-state index contributed by atoms with van der Waals surface area (Å²) in [5.74, 6) is 1.46. The van der Waals surface area contributed by atoms with Crippen LogP contribution in [0.15, 0.2) is 145 Å². The second-order valence-corrected chi connectivity index (χ2v) is 10.3. The second-order valence-electron chi connectivity index (χ2n) is 9.35. The number of thiazole rings is 1. The van der Waals surface area contributed by atoms with Crippen molar-refractivity contribution in [2.45, 2.75) is 13.1 Å². The topological polar surface area (TPSA) is 46.5 Å². The molecule has 0 bridgehead atoms. The Morgan fingerprint density at radius 2 is 1.19 bits per heavy atom. The van der Waals surface area contributed by atoms with Gasteiger partial charge >= 0.3 is 0 Å².